The van der Waals surface area contributed by atoms with Gasteiger partial charge in [0.2, 0.25) is 0 Å². The molecule has 0 bridgehead atoms. The van der Waals surface area contributed by atoms with E-state index in [1.54, 1.807) is 6.92 Å². The van der Waals surface area contributed by atoms with E-state index in [2.05, 4.69) is 15.5 Å². The van der Waals surface area contributed by atoms with E-state index in [4.69, 9.17) is 5.73 Å². The second-order valence-corrected chi connectivity index (χ2v) is 6.16. The summed E-state index contributed by atoms with van der Waals surface area (Å²) in [5.74, 6) is -0.295. The second-order valence-electron chi connectivity index (χ2n) is 5.13. The molecule has 1 aromatic heterocycles. The van der Waals surface area contributed by atoms with Gasteiger partial charge in [0.1, 0.15) is 4.88 Å². The largest absolute Gasteiger partial charge is 0.375 e. The molecule has 3 N–H and O–H groups in total. The highest BCUT2D eigenvalue weighted by Crippen LogP contribution is 2.20. The molecular formula is C17H16N4OS. The van der Waals surface area contributed by atoms with E-state index in [1.165, 1.54) is 0 Å². The summed E-state index contributed by atoms with van der Waals surface area (Å²) in [6, 6.07) is 14.1. The minimum absolute atomic E-state index is 0.295. The number of benzene rings is 2. The van der Waals surface area contributed by atoms with Crippen molar-refractivity contribution < 1.29 is 4.79 Å². The third kappa shape index (κ3) is 3.07. The Balaban J connectivity index is 1.87. The maximum atomic E-state index is 12.2. The number of aromatic nitrogens is 1. The Morgan fingerprint density at radius 2 is 1.96 bits per heavy atom. The highest BCUT2D eigenvalue weighted by atomic mass is 32.1. The molecule has 0 aliphatic rings. The lowest BCUT2D eigenvalue weighted by Gasteiger charge is -2.06. The Morgan fingerprint density at radius 3 is 2.70 bits per heavy atom. The van der Waals surface area contributed by atoms with Crippen molar-refractivity contribution in [1.82, 2.24) is 10.4 Å². The van der Waals surface area contributed by atoms with Crippen LogP contribution in [0, 0.1) is 6.92 Å². The zero-order chi connectivity index (χ0) is 16.4. The van der Waals surface area contributed by atoms with E-state index in [0.717, 1.165) is 33.4 Å². The Kier molecular flexibility index (Phi) is 4.08. The number of carbonyl (C=O) groups excluding carboxylic acids is 1. The number of nitrogen functional groups attached to an aromatic ring is 1. The molecule has 1 heterocycles. The monoisotopic (exact) mass is 324 g/mol. The van der Waals surface area contributed by atoms with Gasteiger partial charge in [-0.25, -0.2) is 10.4 Å². The predicted octanol–water partition coefficient (Wildman–Crippen LogP) is 3.34. The molecule has 0 atom stereocenters. The number of thiazole rings is 1. The number of anilines is 1. The fraction of sp³-hybridized carbons (Fsp3) is 0.118. The van der Waals surface area contributed by atoms with Crippen molar-refractivity contribution in [1.29, 1.82) is 0 Å². The summed E-state index contributed by atoms with van der Waals surface area (Å²) in [6.07, 6.45) is 0. The molecule has 23 heavy (non-hydrogen) atoms. The van der Waals surface area contributed by atoms with Crippen molar-refractivity contribution in [2.75, 3.05) is 5.73 Å². The van der Waals surface area contributed by atoms with E-state index in [0.29, 0.717) is 15.7 Å². The van der Waals surface area contributed by atoms with Gasteiger partial charge in [-0.2, -0.15) is 5.10 Å². The number of nitrogens with one attached hydrogen (secondary N) is 1. The van der Waals surface area contributed by atoms with Crippen LogP contribution in [-0.2, 0) is 0 Å². The zero-order valence-corrected chi connectivity index (χ0v) is 13.6. The minimum Gasteiger partial charge on any atom is -0.375 e. The predicted molar refractivity (Wildman–Crippen MR) is 94.9 cm³/mol. The molecule has 2 aromatic carbocycles. The van der Waals surface area contributed by atoms with Crippen LogP contribution in [0.2, 0.25) is 0 Å². The van der Waals surface area contributed by atoms with Gasteiger partial charge in [0.15, 0.2) is 5.13 Å². The van der Waals surface area contributed by atoms with Crippen LogP contribution in [-0.4, -0.2) is 16.6 Å². The SMILES string of the molecule is C/C(=N/NC(=O)c1sc(N)nc1C)c1cccc2ccccc12. The highest BCUT2D eigenvalue weighted by molar-refractivity contribution is 7.17. The molecule has 0 radical (unpaired) electrons. The minimum atomic E-state index is -0.295. The number of hydrogen-bond donors (Lipinski definition) is 2. The molecule has 0 saturated carbocycles. The van der Waals surface area contributed by atoms with Crippen molar-refractivity contribution in [3.63, 3.8) is 0 Å². The van der Waals surface area contributed by atoms with E-state index in [-0.39, 0.29) is 5.91 Å². The van der Waals surface area contributed by atoms with Gasteiger partial charge in [-0.15, -0.1) is 0 Å². The number of fused-ring (bicyclic) bond motifs is 1. The Hall–Kier alpha value is -2.73. The Labute approximate surface area is 137 Å². The van der Waals surface area contributed by atoms with Gasteiger partial charge in [0, 0.05) is 5.56 Å². The lowest BCUT2D eigenvalue weighted by molar-refractivity contribution is 0.0958. The molecule has 0 aliphatic carbocycles. The first-order chi connectivity index (χ1) is 11.1. The smallest absolute Gasteiger partial charge is 0.283 e. The Morgan fingerprint density at radius 1 is 1.22 bits per heavy atom. The quantitative estimate of drug-likeness (QED) is 0.573. The summed E-state index contributed by atoms with van der Waals surface area (Å²) in [5, 5.41) is 6.84. The number of rotatable bonds is 3. The summed E-state index contributed by atoms with van der Waals surface area (Å²) in [7, 11) is 0. The number of nitrogens with zero attached hydrogens (tertiary/aromatic N) is 2. The van der Waals surface area contributed by atoms with E-state index in [9.17, 15) is 4.79 Å². The van der Waals surface area contributed by atoms with Crippen LogP contribution in [0.4, 0.5) is 5.13 Å². The van der Waals surface area contributed by atoms with Crippen molar-refractivity contribution in [2.45, 2.75) is 13.8 Å². The van der Waals surface area contributed by atoms with Gasteiger partial charge in [-0.05, 0) is 24.6 Å². The number of nitrogens with two attached hydrogens (primary N) is 1. The normalized spacial score (nSPS) is 11.7. The Bertz CT molecular complexity index is 909. The molecule has 6 heteroatoms. The van der Waals surface area contributed by atoms with Gasteiger partial charge in [0.25, 0.3) is 5.91 Å². The molecule has 116 valence electrons. The molecule has 0 aliphatic heterocycles. The molecule has 1 amide bonds. The van der Waals surface area contributed by atoms with Gasteiger partial charge >= 0.3 is 0 Å². The van der Waals surface area contributed by atoms with Crippen molar-refractivity contribution in [2.24, 2.45) is 5.10 Å². The zero-order valence-electron chi connectivity index (χ0n) is 12.8. The summed E-state index contributed by atoms with van der Waals surface area (Å²) < 4.78 is 0. The van der Waals surface area contributed by atoms with Crippen LogP contribution in [0.5, 0.6) is 0 Å². The lowest BCUT2D eigenvalue weighted by Crippen LogP contribution is -2.19. The summed E-state index contributed by atoms with van der Waals surface area (Å²) in [5.41, 5.74) is 10.5. The first kappa shape index (κ1) is 15.2. The molecule has 0 saturated heterocycles. The third-order valence-electron chi connectivity index (χ3n) is 3.52. The summed E-state index contributed by atoms with van der Waals surface area (Å²) in [6.45, 7) is 3.62. The van der Waals surface area contributed by atoms with Gasteiger partial charge in [0.05, 0.1) is 11.4 Å². The maximum Gasteiger partial charge on any atom is 0.283 e. The van der Waals surface area contributed by atoms with E-state index < -0.39 is 0 Å². The van der Waals surface area contributed by atoms with Gasteiger partial charge in [-0.3, -0.25) is 4.79 Å². The number of hydrazone groups is 1. The first-order valence-electron chi connectivity index (χ1n) is 7.12. The standard InChI is InChI=1S/C17H16N4OS/c1-10(13-9-5-7-12-6-3-4-8-14(12)13)20-21-16(22)15-11(2)19-17(18)23-15/h3-9H,1-2H3,(H2,18,19)(H,21,22)/b20-10-. The fourth-order valence-corrected chi connectivity index (χ4v) is 3.14. The highest BCUT2D eigenvalue weighted by Gasteiger charge is 2.13. The van der Waals surface area contributed by atoms with Crippen LogP contribution >= 0.6 is 11.3 Å². The lowest BCUT2D eigenvalue weighted by atomic mass is 10.0. The third-order valence-corrected chi connectivity index (χ3v) is 4.51. The van der Waals surface area contributed by atoms with Crippen LogP contribution < -0.4 is 11.2 Å². The average Bonchev–Trinajstić information content (AvgIpc) is 2.90. The van der Waals surface area contributed by atoms with E-state index >= 15 is 0 Å². The van der Waals surface area contributed by atoms with Gasteiger partial charge in [-0.1, -0.05) is 53.8 Å². The van der Waals surface area contributed by atoms with Crippen molar-refractivity contribution in [3.05, 3.63) is 58.6 Å². The number of hydrogen-bond acceptors (Lipinski definition) is 5. The van der Waals surface area contributed by atoms with Crippen LogP contribution in [0.15, 0.2) is 47.6 Å². The van der Waals surface area contributed by atoms with Crippen LogP contribution in [0.3, 0.4) is 0 Å². The maximum absolute atomic E-state index is 12.2. The summed E-state index contributed by atoms with van der Waals surface area (Å²) in [4.78, 5) is 16.7. The number of aryl methyl sites for hydroxylation is 1. The first-order valence-corrected chi connectivity index (χ1v) is 7.93. The molecule has 0 fully saturated rings. The van der Waals surface area contributed by atoms with Gasteiger partial charge < -0.3 is 5.73 Å². The topological polar surface area (TPSA) is 80.4 Å². The van der Waals surface area contributed by atoms with Crippen LogP contribution in [0.1, 0.15) is 27.9 Å². The van der Waals surface area contributed by atoms with E-state index in [1.807, 2.05) is 49.4 Å². The average molecular weight is 324 g/mol. The fourth-order valence-electron chi connectivity index (χ4n) is 2.41. The molecule has 0 unspecified atom stereocenters. The molecule has 3 aromatic rings. The molecule has 5 nitrogen and oxygen atoms in total. The molecular weight excluding hydrogens is 308 g/mol. The van der Waals surface area contributed by atoms with Crippen molar-refractivity contribution in [3.8, 4) is 0 Å². The second kappa shape index (κ2) is 6.18. The van der Waals surface area contributed by atoms with Crippen LogP contribution in [0.25, 0.3) is 10.8 Å². The summed E-state index contributed by atoms with van der Waals surface area (Å²) >= 11 is 1.16. The molecule has 3 rings (SSSR count). The number of carbonyl (C=O) groups is 1. The number of amides is 1. The molecule has 0 spiro atoms. The van der Waals surface area contributed by atoms with Crippen molar-refractivity contribution >= 4 is 38.9 Å².